The molecule has 1 atom stereocenters. The van der Waals surface area contributed by atoms with E-state index in [-0.39, 0.29) is 27.9 Å². The minimum Gasteiger partial charge on any atom is -0.495 e. The molecule has 0 aliphatic carbocycles. The Hall–Kier alpha value is -2.45. The van der Waals surface area contributed by atoms with E-state index in [2.05, 4.69) is 5.32 Å². The fraction of sp³-hybridized carbons (Fsp3) is 0.350. The molecule has 0 radical (unpaired) electrons. The fourth-order valence-corrected chi connectivity index (χ4v) is 5.21. The zero-order chi connectivity index (χ0) is 20.3. The van der Waals surface area contributed by atoms with Crippen molar-refractivity contribution >= 4 is 21.6 Å². The van der Waals surface area contributed by atoms with Crippen LogP contribution in [0.5, 0.6) is 5.75 Å². The topological polar surface area (TPSA) is 75.7 Å². The molecule has 2 aromatic rings. The summed E-state index contributed by atoms with van der Waals surface area (Å²) < 4.78 is 46.9. The number of amides is 1. The third kappa shape index (κ3) is 4.02. The van der Waals surface area contributed by atoms with Crippen molar-refractivity contribution < 1.29 is 22.3 Å². The molecule has 1 heterocycles. The first-order chi connectivity index (χ1) is 13.3. The minimum atomic E-state index is -3.84. The number of para-hydroxylation sites is 1. The Morgan fingerprint density at radius 2 is 1.96 bits per heavy atom. The summed E-state index contributed by atoms with van der Waals surface area (Å²) in [6, 6.07) is 9.83. The van der Waals surface area contributed by atoms with E-state index in [0.717, 1.165) is 19.3 Å². The standard InChI is InChI=1S/C20H23FN2O4S/c1-14-7-5-6-12-23(14)28(25,26)19-13-15(10-11-18(19)27-2)20(24)22-17-9-4-3-8-16(17)21/h3-4,8-11,13-14H,5-7,12H2,1-2H3,(H,22,24). The molecule has 8 heteroatoms. The van der Waals surface area contributed by atoms with E-state index in [9.17, 15) is 17.6 Å². The second kappa shape index (κ2) is 8.28. The lowest BCUT2D eigenvalue weighted by atomic mass is 10.1. The predicted molar refractivity (Wildman–Crippen MR) is 105 cm³/mol. The number of hydrogen-bond donors (Lipinski definition) is 1. The number of methoxy groups -OCH3 is 1. The van der Waals surface area contributed by atoms with Crippen molar-refractivity contribution in [2.24, 2.45) is 0 Å². The molecule has 150 valence electrons. The summed E-state index contributed by atoms with van der Waals surface area (Å²) in [5.41, 5.74) is 0.129. The Morgan fingerprint density at radius 1 is 1.21 bits per heavy atom. The number of nitrogens with zero attached hydrogens (tertiary/aromatic N) is 1. The lowest BCUT2D eigenvalue weighted by molar-refractivity contribution is 0.102. The van der Waals surface area contributed by atoms with Crippen LogP contribution in [0.3, 0.4) is 0 Å². The molecular formula is C20H23FN2O4S. The van der Waals surface area contributed by atoms with Gasteiger partial charge in [-0.2, -0.15) is 4.31 Å². The van der Waals surface area contributed by atoms with Crippen LogP contribution in [0.25, 0.3) is 0 Å². The monoisotopic (exact) mass is 406 g/mol. The molecule has 1 fully saturated rings. The highest BCUT2D eigenvalue weighted by molar-refractivity contribution is 7.89. The number of carbonyl (C=O) groups is 1. The largest absolute Gasteiger partial charge is 0.495 e. The Balaban J connectivity index is 1.96. The van der Waals surface area contributed by atoms with E-state index >= 15 is 0 Å². The van der Waals surface area contributed by atoms with E-state index in [1.165, 1.54) is 47.8 Å². The molecule has 0 spiro atoms. The summed E-state index contributed by atoms with van der Waals surface area (Å²) in [5, 5.41) is 2.47. The smallest absolute Gasteiger partial charge is 0.255 e. The van der Waals surface area contributed by atoms with Gasteiger partial charge in [0.05, 0.1) is 12.8 Å². The maximum Gasteiger partial charge on any atom is 0.255 e. The van der Waals surface area contributed by atoms with Crippen LogP contribution in [0.2, 0.25) is 0 Å². The zero-order valence-corrected chi connectivity index (χ0v) is 16.6. The van der Waals surface area contributed by atoms with Gasteiger partial charge in [-0.3, -0.25) is 4.79 Å². The molecule has 3 rings (SSSR count). The van der Waals surface area contributed by atoms with Gasteiger partial charge in [0.15, 0.2) is 0 Å². The van der Waals surface area contributed by atoms with E-state index in [1.54, 1.807) is 6.07 Å². The van der Waals surface area contributed by atoms with Crippen molar-refractivity contribution in [2.45, 2.75) is 37.1 Å². The van der Waals surface area contributed by atoms with Gasteiger partial charge in [-0.25, -0.2) is 12.8 Å². The quantitative estimate of drug-likeness (QED) is 0.822. The molecule has 28 heavy (non-hydrogen) atoms. The van der Waals surface area contributed by atoms with E-state index in [4.69, 9.17) is 4.74 Å². The third-order valence-electron chi connectivity index (χ3n) is 4.88. The van der Waals surface area contributed by atoms with Crippen LogP contribution >= 0.6 is 0 Å². The molecule has 0 saturated carbocycles. The summed E-state index contributed by atoms with van der Waals surface area (Å²) in [7, 11) is -2.45. The van der Waals surface area contributed by atoms with Gasteiger partial charge in [0, 0.05) is 18.2 Å². The number of ether oxygens (including phenoxy) is 1. The summed E-state index contributed by atoms with van der Waals surface area (Å²) in [5.74, 6) is -1.00. The van der Waals surface area contributed by atoms with Crippen LogP contribution in [-0.4, -0.2) is 38.3 Å². The summed E-state index contributed by atoms with van der Waals surface area (Å²) >= 11 is 0. The number of halogens is 1. The van der Waals surface area contributed by atoms with Gasteiger partial charge in [0.2, 0.25) is 10.0 Å². The highest BCUT2D eigenvalue weighted by Gasteiger charge is 2.33. The van der Waals surface area contributed by atoms with Gasteiger partial charge >= 0.3 is 0 Å². The van der Waals surface area contributed by atoms with Gasteiger partial charge < -0.3 is 10.1 Å². The first kappa shape index (κ1) is 20.3. The van der Waals surface area contributed by atoms with Gasteiger partial charge in [-0.05, 0) is 50.1 Å². The molecule has 0 aromatic heterocycles. The Kier molecular flexibility index (Phi) is 6.00. The van der Waals surface area contributed by atoms with Crippen molar-refractivity contribution in [3.05, 3.63) is 53.8 Å². The van der Waals surface area contributed by atoms with Crippen LogP contribution in [0.1, 0.15) is 36.5 Å². The summed E-state index contributed by atoms with van der Waals surface area (Å²) in [4.78, 5) is 12.5. The number of nitrogens with one attached hydrogen (secondary N) is 1. The predicted octanol–water partition coefficient (Wildman–Crippen LogP) is 3.65. The fourth-order valence-electron chi connectivity index (χ4n) is 3.33. The van der Waals surface area contributed by atoms with E-state index in [1.807, 2.05) is 6.92 Å². The minimum absolute atomic E-state index is 0.0253. The summed E-state index contributed by atoms with van der Waals surface area (Å²) in [6.45, 7) is 2.30. The number of sulfonamides is 1. The number of hydrogen-bond acceptors (Lipinski definition) is 4. The van der Waals surface area contributed by atoms with Gasteiger partial charge in [0.25, 0.3) is 5.91 Å². The number of rotatable bonds is 5. The van der Waals surface area contributed by atoms with Gasteiger partial charge in [-0.1, -0.05) is 18.6 Å². The second-order valence-corrected chi connectivity index (χ2v) is 8.62. The summed E-state index contributed by atoms with van der Waals surface area (Å²) in [6.07, 6.45) is 2.56. The van der Waals surface area contributed by atoms with Crippen molar-refractivity contribution in [2.75, 3.05) is 19.0 Å². The number of anilines is 1. The van der Waals surface area contributed by atoms with Crippen LogP contribution < -0.4 is 10.1 Å². The van der Waals surface area contributed by atoms with Gasteiger partial charge in [0.1, 0.15) is 16.5 Å². The zero-order valence-electron chi connectivity index (χ0n) is 15.8. The SMILES string of the molecule is COc1ccc(C(=O)Nc2ccccc2F)cc1S(=O)(=O)N1CCCCC1C. The highest BCUT2D eigenvalue weighted by atomic mass is 32.2. The van der Waals surface area contributed by atoms with Crippen molar-refractivity contribution in [1.29, 1.82) is 0 Å². The molecule has 1 unspecified atom stereocenters. The van der Waals surface area contributed by atoms with Crippen LogP contribution in [0, 0.1) is 5.82 Å². The highest BCUT2D eigenvalue weighted by Crippen LogP contribution is 2.32. The lowest BCUT2D eigenvalue weighted by Gasteiger charge is -2.32. The Labute approximate surface area is 164 Å². The average Bonchev–Trinajstić information content (AvgIpc) is 2.69. The molecule has 1 aliphatic rings. The first-order valence-electron chi connectivity index (χ1n) is 9.10. The molecular weight excluding hydrogens is 383 g/mol. The van der Waals surface area contributed by atoms with Crippen LogP contribution in [0.15, 0.2) is 47.4 Å². The Bertz CT molecular complexity index is 978. The van der Waals surface area contributed by atoms with Crippen molar-refractivity contribution in [3.8, 4) is 5.75 Å². The first-order valence-corrected chi connectivity index (χ1v) is 10.5. The normalized spacial score (nSPS) is 17.9. The lowest BCUT2D eigenvalue weighted by Crippen LogP contribution is -2.42. The molecule has 2 aromatic carbocycles. The van der Waals surface area contributed by atoms with E-state index in [0.29, 0.717) is 6.54 Å². The average molecular weight is 406 g/mol. The van der Waals surface area contributed by atoms with Crippen molar-refractivity contribution in [3.63, 3.8) is 0 Å². The second-order valence-electron chi connectivity index (χ2n) is 6.76. The van der Waals surface area contributed by atoms with Crippen molar-refractivity contribution in [1.82, 2.24) is 4.31 Å². The molecule has 0 bridgehead atoms. The number of piperidine rings is 1. The molecule has 1 aliphatic heterocycles. The maximum atomic E-state index is 13.8. The number of carbonyl (C=O) groups excluding carboxylic acids is 1. The molecule has 6 nitrogen and oxygen atoms in total. The van der Waals surface area contributed by atoms with Crippen LogP contribution in [-0.2, 0) is 10.0 Å². The third-order valence-corrected chi connectivity index (χ3v) is 6.91. The Morgan fingerprint density at radius 3 is 2.64 bits per heavy atom. The molecule has 1 amide bonds. The van der Waals surface area contributed by atoms with Gasteiger partial charge in [-0.15, -0.1) is 0 Å². The molecule has 1 saturated heterocycles. The maximum absolute atomic E-state index is 13.8. The molecule has 1 N–H and O–H groups in total. The van der Waals surface area contributed by atoms with E-state index < -0.39 is 21.7 Å². The van der Waals surface area contributed by atoms with Crippen LogP contribution in [0.4, 0.5) is 10.1 Å². The number of benzene rings is 2.